The van der Waals surface area contributed by atoms with Crippen molar-refractivity contribution in [2.45, 2.75) is 143 Å². The van der Waals surface area contributed by atoms with Crippen LogP contribution in [0.1, 0.15) is 116 Å². The summed E-state index contributed by atoms with van der Waals surface area (Å²) < 4.78 is 37.4. The Hall–Kier alpha value is -5.09. The summed E-state index contributed by atoms with van der Waals surface area (Å²) in [6.45, 7) is 43.9. The molecule has 1 aliphatic heterocycles. The lowest BCUT2D eigenvalue weighted by Crippen LogP contribution is -2.54. The van der Waals surface area contributed by atoms with Crippen molar-refractivity contribution in [1.29, 1.82) is 0 Å². The molecule has 2 fully saturated rings. The van der Waals surface area contributed by atoms with E-state index >= 15 is 0 Å². The van der Waals surface area contributed by atoms with Crippen LogP contribution in [0.3, 0.4) is 0 Å². The third-order valence-electron chi connectivity index (χ3n) is 8.23. The van der Waals surface area contributed by atoms with Gasteiger partial charge in [-0.25, -0.2) is 13.2 Å². The fourth-order valence-electron chi connectivity index (χ4n) is 5.50. The fourth-order valence-corrected chi connectivity index (χ4v) is 7.84. The number of carbonyl (C=O) groups is 4. The molecule has 4 rings (SSSR count). The lowest BCUT2D eigenvalue weighted by atomic mass is 10.1. The number of pyridine rings is 1. The van der Waals surface area contributed by atoms with Crippen molar-refractivity contribution < 1.29 is 38.5 Å². The average Bonchev–Trinajstić information content (AvgIpc) is 4.04. The molecule has 376 valence electrons. The molecule has 0 spiro atoms. The highest BCUT2D eigenvalue weighted by molar-refractivity contribution is 7.99. The van der Waals surface area contributed by atoms with E-state index < -0.39 is 56.8 Å². The number of sulfonamides is 1. The number of benzene rings is 1. The Labute approximate surface area is 403 Å². The molecule has 3 atom stereocenters. The van der Waals surface area contributed by atoms with Gasteiger partial charge in [0.2, 0.25) is 21.8 Å². The van der Waals surface area contributed by atoms with Gasteiger partial charge in [0.1, 0.15) is 30.0 Å². The van der Waals surface area contributed by atoms with Crippen molar-refractivity contribution in [3.8, 4) is 5.75 Å². The largest absolute Gasteiger partial charge is 0.493 e. The number of aromatic amines is 1. The van der Waals surface area contributed by atoms with Crippen LogP contribution >= 0.6 is 11.8 Å². The number of alkyl carbamates (subject to hydrolysis) is 1. The highest BCUT2D eigenvalue weighted by atomic mass is 32.2. The summed E-state index contributed by atoms with van der Waals surface area (Å²) in [5.74, 6) is 0.826. The SMILES string of the molecule is C=C.C=C.C=C.C=CCC(C)/C=C/C(NC(=O)[C@@H]1CCCN1C(=O)CNC(=O)OC(C)(C)C)C(=O)NS(=O)(=O)C1CC1.CC.CC(C)C.CCCSc1c(OCC)ccc2c(=O)[nH]ccc12.[HH]. The van der Waals surface area contributed by atoms with E-state index in [-0.39, 0.29) is 19.4 Å². The van der Waals surface area contributed by atoms with Crippen molar-refractivity contribution in [1.82, 2.24) is 25.2 Å². The lowest BCUT2D eigenvalue weighted by molar-refractivity contribution is -0.138. The molecule has 2 aliphatic rings. The molecule has 4 amide bonds. The lowest BCUT2D eigenvalue weighted by Gasteiger charge is -2.26. The summed E-state index contributed by atoms with van der Waals surface area (Å²) in [5, 5.41) is 6.07. The van der Waals surface area contributed by atoms with Gasteiger partial charge in [0.15, 0.2) is 0 Å². The molecular weight excluding hydrogens is 879 g/mol. The van der Waals surface area contributed by atoms with E-state index in [0.717, 1.165) is 39.5 Å². The van der Waals surface area contributed by atoms with Crippen molar-refractivity contribution in [2.75, 3.05) is 25.4 Å². The van der Waals surface area contributed by atoms with E-state index in [4.69, 9.17) is 9.47 Å². The van der Waals surface area contributed by atoms with Crippen molar-refractivity contribution in [3.63, 3.8) is 0 Å². The van der Waals surface area contributed by atoms with Crippen LogP contribution in [0.4, 0.5) is 4.79 Å². The molecule has 4 N–H and O–H groups in total. The Bertz CT molecular complexity index is 1940. The Balaban J connectivity index is -0.000000532. The van der Waals surface area contributed by atoms with Gasteiger partial charge in [-0.1, -0.05) is 66.7 Å². The quantitative estimate of drug-likeness (QED) is 0.0929. The number of carbonyl (C=O) groups excluding carboxylic acids is 4. The molecule has 1 aromatic heterocycles. The summed E-state index contributed by atoms with van der Waals surface area (Å²) in [4.78, 5) is 67.3. The van der Waals surface area contributed by atoms with Crippen LogP contribution in [0.2, 0.25) is 0 Å². The van der Waals surface area contributed by atoms with Gasteiger partial charge in [0.25, 0.3) is 11.5 Å². The highest BCUT2D eigenvalue weighted by Gasteiger charge is 2.39. The zero-order chi connectivity index (χ0) is 51.6. The number of thioether (sulfide) groups is 1. The zero-order valence-corrected chi connectivity index (χ0v) is 43.5. The number of fused-ring (bicyclic) bond motifs is 1. The number of rotatable bonds is 16. The van der Waals surface area contributed by atoms with Crippen molar-refractivity contribution in [3.05, 3.63) is 99.0 Å². The van der Waals surface area contributed by atoms with Crippen LogP contribution in [0.15, 0.2) is 98.4 Å². The summed E-state index contributed by atoms with van der Waals surface area (Å²) in [7, 11) is -3.81. The molecule has 1 saturated carbocycles. The number of H-pyrrole nitrogens is 1. The molecule has 16 heteroatoms. The van der Waals surface area contributed by atoms with Crippen LogP contribution in [-0.4, -0.2) is 90.5 Å². The molecule has 66 heavy (non-hydrogen) atoms. The van der Waals surface area contributed by atoms with Crippen LogP contribution in [0.25, 0.3) is 10.8 Å². The zero-order valence-electron chi connectivity index (χ0n) is 41.9. The van der Waals surface area contributed by atoms with E-state index in [1.807, 2.05) is 45.9 Å². The standard InChI is InChI=1S/C24H38N4O7S.C14H17NO2S.C4H10.C2H6.3C2H4.H2/c1-6-8-16(2)10-13-18(21(30)27-36(33,34)17-11-12-17)26-22(31)19-9-7-14-28(19)20(29)15-25-23(32)35-24(3,4)5;1-3-9-18-13-10-7-8-15-14(16)11(10)5-6-12(13)17-4-2;1-4(2)3;4*1-2;/h6,10,13,16-19H,1,7-9,11-12,14-15H2,2-5H3,(H,25,32)(H,26,31)(H,27,30);5-8H,3-4,9H2,1-2H3,(H,15,16);4H,1-3H3;1-2H3;3*1-2H2;1H/b13-10+;;;;;;;/t16?,18?,19-;;;;;;;/m0......./s1. The second kappa shape index (κ2) is 36.1. The first-order chi connectivity index (χ1) is 31.2. The minimum atomic E-state index is -3.81. The molecular formula is C50H85N5O9S2. The molecule has 1 aliphatic carbocycles. The van der Waals surface area contributed by atoms with E-state index in [1.165, 1.54) is 11.0 Å². The molecule has 2 aromatic rings. The molecule has 2 heterocycles. The smallest absolute Gasteiger partial charge is 0.408 e. The van der Waals surface area contributed by atoms with E-state index in [1.54, 1.807) is 50.9 Å². The second-order valence-electron chi connectivity index (χ2n) is 15.9. The Morgan fingerprint density at radius 2 is 1.55 bits per heavy atom. The maximum Gasteiger partial charge on any atom is 0.408 e. The van der Waals surface area contributed by atoms with Gasteiger partial charge in [0.05, 0.1) is 16.8 Å². The number of likely N-dealkylation sites (tertiary alicyclic amines) is 1. The van der Waals surface area contributed by atoms with Gasteiger partial charge in [-0.2, -0.15) is 0 Å². The Kier molecular flexibility index (Phi) is 35.6. The number of ether oxygens (including phenoxy) is 2. The van der Waals surface area contributed by atoms with Crippen molar-refractivity contribution >= 4 is 56.4 Å². The number of aromatic nitrogens is 1. The summed E-state index contributed by atoms with van der Waals surface area (Å²) in [6.07, 6.45) is 9.46. The molecule has 0 radical (unpaired) electrons. The first-order valence-electron chi connectivity index (χ1n) is 22.6. The Morgan fingerprint density at radius 3 is 2.06 bits per heavy atom. The van der Waals surface area contributed by atoms with Crippen LogP contribution < -0.4 is 25.7 Å². The maximum absolute atomic E-state index is 13.1. The topological polar surface area (TPSA) is 193 Å². The maximum atomic E-state index is 13.1. The van der Waals surface area contributed by atoms with Crippen molar-refractivity contribution in [2.24, 2.45) is 11.8 Å². The molecule has 1 saturated heterocycles. The van der Waals surface area contributed by atoms with Gasteiger partial charge in [-0.05, 0) is 102 Å². The summed E-state index contributed by atoms with van der Waals surface area (Å²) >= 11 is 1.75. The second-order valence-corrected chi connectivity index (χ2v) is 18.9. The number of nitrogens with zero attached hydrogens (tertiary/aromatic N) is 1. The highest BCUT2D eigenvalue weighted by Crippen LogP contribution is 2.35. The normalized spacial score (nSPS) is 14.6. The average molecular weight is 964 g/mol. The first kappa shape index (κ1) is 65.2. The predicted molar refractivity (Wildman–Crippen MR) is 279 cm³/mol. The Morgan fingerprint density at radius 1 is 0.955 bits per heavy atom. The van der Waals surface area contributed by atoms with Crippen LogP contribution in [0, 0.1) is 11.8 Å². The van der Waals surface area contributed by atoms with Gasteiger partial charge in [-0.15, -0.1) is 57.8 Å². The van der Waals surface area contributed by atoms with Gasteiger partial charge < -0.3 is 30.0 Å². The molecule has 0 bridgehead atoms. The molecule has 2 unspecified atom stereocenters. The number of amides is 4. The molecule has 1 aromatic carbocycles. The number of nitrogens with one attached hydrogen (secondary N) is 4. The molecule has 14 nitrogen and oxygen atoms in total. The summed E-state index contributed by atoms with van der Waals surface area (Å²) in [6, 6.07) is 3.56. The van der Waals surface area contributed by atoms with Crippen LogP contribution in [-0.2, 0) is 29.1 Å². The monoisotopic (exact) mass is 964 g/mol. The fraction of sp³-hybridized carbons (Fsp3) is 0.540. The predicted octanol–water partition coefficient (Wildman–Crippen LogP) is 10.1. The van der Waals surface area contributed by atoms with Crippen LogP contribution in [0.5, 0.6) is 5.75 Å². The third kappa shape index (κ3) is 26.2. The minimum absolute atomic E-state index is 0. The first-order valence-corrected chi connectivity index (χ1v) is 25.1. The van der Waals surface area contributed by atoms with Gasteiger partial charge in [-0.3, -0.25) is 23.9 Å². The van der Waals surface area contributed by atoms with E-state index in [9.17, 15) is 32.4 Å². The van der Waals surface area contributed by atoms with Gasteiger partial charge >= 0.3 is 6.09 Å². The van der Waals surface area contributed by atoms with E-state index in [0.29, 0.717) is 45.3 Å². The minimum Gasteiger partial charge on any atom is -0.493 e. The third-order valence-corrected chi connectivity index (χ3v) is 11.4. The van der Waals surface area contributed by atoms with Gasteiger partial charge in [0, 0.05) is 24.9 Å². The van der Waals surface area contributed by atoms with E-state index in [2.05, 4.69) is 94.1 Å². The number of allylic oxidation sites excluding steroid dienone is 2. The summed E-state index contributed by atoms with van der Waals surface area (Å²) in [5.41, 5.74) is -0.767. The number of hydrogen-bond donors (Lipinski definition) is 4. The number of hydrogen-bond acceptors (Lipinski definition) is 10.